The van der Waals surface area contributed by atoms with Gasteiger partial charge in [0, 0.05) is 13.7 Å². The fourth-order valence-corrected chi connectivity index (χ4v) is 4.80. The second-order valence-corrected chi connectivity index (χ2v) is 8.95. The lowest BCUT2D eigenvalue weighted by Gasteiger charge is -2.20. The number of rotatable bonds is 5. The zero-order valence-corrected chi connectivity index (χ0v) is 14.4. The highest BCUT2D eigenvalue weighted by atomic mass is 32.2. The van der Waals surface area contributed by atoms with Crippen LogP contribution in [-0.2, 0) is 14.8 Å². The number of thiazole rings is 1. The maximum absolute atomic E-state index is 12.5. The number of hydrogen-bond acceptors (Lipinski definition) is 5. The molecule has 7 heteroatoms. The smallest absolute Gasteiger partial charge is 0.234 e. The van der Waals surface area contributed by atoms with Crippen molar-refractivity contribution < 1.29 is 13.2 Å². The summed E-state index contributed by atoms with van der Waals surface area (Å²) in [6, 6.07) is 5.58. The monoisotopic (exact) mass is 340 g/mol. The minimum Gasteiger partial charge on any atom is -0.378 e. The van der Waals surface area contributed by atoms with Gasteiger partial charge in [-0.25, -0.2) is 13.4 Å². The molecule has 0 amide bonds. The van der Waals surface area contributed by atoms with Gasteiger partial charge in [0.2, 0.25) is 10.0 Å². The second-order valence-electron chi connectivity index (χ2n) is 5.59. The van der Waals surface area contributed by atoms with Crippen molar-refractivity contribution in [3.63, 3.8) is 0 Å². The van der Waals surface area contributed by atoms with E-state index in [4.69, 9.17) is 4.74 Å². The molecule has 1 aliphatic heterocycles. The summed E-state index contributed by atoms with van der Waals surface area (Å²) in [6.45, 7) is 2.70. The summed E-state index contributed by atoms with van der Waals surface area (Å²) in [5, 5.41) is 0.982. The number of nitrogens with zero attached hydrogens (tertiary/aromatic N) is 2. The summed E-state index contributed by atoms with van der Waals surface area (Å²) in [6.07, 6.45) is 2.65. The molecule has 1 saturated heterocycles. The summed E-state index contributed by atoms with van der Waals surface area (Å²) < 4.78 is 32.9. The highest BCUT2D eigenvalue weighted by Gasteiger charge is 2.23. The number of anilines is 1. The quantitative estimate of drug-likeness (QED) is 0.840. The van der Waals surface area contributed by atoms with Crippen molar-refractivity contribution in [1.82, 2.24) is 4.98 Å². The maximum atomic E-state index is 12.5. The van der Waals surface area contributed by atoms with Gasteiger partial charge in [-0.05, 0) is 44.4 Å². The van der Waals surface area contributed by atoms with Crippen molar-refractivity contribution in [3.8, 4) is 0 Å². The van der Waals surface area contributed by atoms with Gasteiger partial charge in [0.1, 0.15) is 0 Å². The van der Waals surface area contributed by atoms with E-state index < -0.39 is 10.0 Å². The highest BCUT2D eigenvalue weighted by molar-refractivity contribution is 7.92. The lowest BCUT2D eigenvalue weighted by molar-refractivity contribution is 0.109. The number of hydrogen-bond donors (Lipinski definition) is 0. The first kappa shape index (κ1) is 15.7. The first-order chi connectivity index (χ1) is 10.5. The van der Waals surface area contributed by atoms with Crippen LogP contribution in [0.5, 0.6) is 0 Å². The normalized spacial score (nSPS) is 18.9. The molecule has 1 aromatic carbocycles. The van der Waals surface area contributed by atoms with Gasteiger partial charge in [-0.2, -0.15) is 0 Å². The van der Waals surface area contributed by atoms with Gasteiger partial charge in [-0.15, -0.1) is 11.3 Å². The molecule has 120 valence electrons. The minimum atomic E-state index is -3.33. The summed E-state index contributed by atoms with van der Waals surface area (Å²) in [5.41, 5.74) is 1.60. The number of ether oxygens (including phenoxy) is 1. The largest absolute Gasteiger partial charge is 0.378 e. The predicted octanol–water partition coefficient (Wildman–Crippen LogP) is 2.94. The van der Waals surface area contributed by atoms with Gasteiger partial charge in [-0.1, -0.05) is 0 Å². The summed E-state index contributed by atoms with van der Waals surface area (Å²) >= 11 is 1.58. The standard InChI is InChI=1S/C15H20N2O3S2/c1-11-16-14-6-5-12(10-15(14)21-11)17(2)22(18,19)9-7-13-4-3-8-20-13/h5-6,10,13H,3-4,7-9H2,1-2H3/t13-/m1/s1. The van der Waals surface area contributed by atoms with Crippen molar-refractivity contribution in [2.45, 2.75) is 32.3 Å². The van der Waals surface area contributed by atoms with Crippen LogP contribution in [0.1, 0.15) is 24.3 Å². The summed E-state index contributed by atoms with van der Waals surface area (Å²) in [5.74, 6) is 0.119. The van der Waals surface area contributed by atoms with E-state index in [1.54, 1.807) is 18.4 Å². The molecule has 2 heterocycles. The van der Waals surface area contributed by atoms with Crippen molar-refractivity contribution in [3.05, 3.63) is 23.2 Å². The molecule has 1 fully saturated rings. The molecular formula is C15H20N2O3S2. The van der Waals surface area contributed by atoms with Gasteiger partial charge in [-0.3, -0.25) is 4.31 Å². The maximum Gasteiger partial charge on any atom is 0.234 e. The van der Waals surface area contributed by atoms with E-state index in [-0.39, 0.29) is 11.9 Å². The molecule has 2 aromatic rings. The molecule has 22 heavy (non-hydrogen) atoms. The number of aromatic nitrogens is 1. The number of sulfonamides is 1. The zero-order valence-electron chi connectivity index (χ0n) is 12.8. The van der Waals surface area contributed by atoms with Gasteiger partial charge in [0.05, 0.1) is 32.8 Å². The average molecular weight is 340 g/mol. The van der Waals surface area contributed by atoms with Crippen LogP contribution in [0, 0.1) is 6.92 Å². The van der Waals surface area contributed by atoms with Crippen LogP contribution in [-0.4, -0.2) is 38.9 Å². The van der Waals surface area contributed by atoms with Gasteiger partial charge in [0.25, 0.3) is 0 Å². The minimum absolute atomic E-state index is 0.0924. The Morgan fingerprint density at radius 1 is 1.45 bits per heavy atom. The molecule has 0 aliphatic carbocycles. The zero-order chi connectivity index (χ0) is 15.7. The molecular weight excluding hydrogens is 320 g/mol. The van der Waals surface area contributed by atoms with Crippen LogP contribution in [0.3, 0.4) is 0 Å². The van der Waals surface area contributed by atoms with Crippen LogP contribution >= 0.6 is 11.3 Å². The SMILES string of the molecule is Cc1nc2ccc(N(C)S(=O)(=O)CC[C@H]3CCCO3)cc2s1. The van der Waals surface area contributed by atoms with Crippen molar-refractivity contribution >= 4 is 37.3 Å². The highest BCUT2D eigenvalue weighted by Crippen LogP contribution is 2.28. The molecule has 0 unspecified atom stereocenters. The van der Waals surface area contributed by atoms with E-state index >= 15 is 0 Å². The van der Waals surface area contributed by atoms with Crippen molar-refractivity contribution in [2.24, 2.45) is 0 Å². The average Bonchev–Trinajstić information content (AvgIpc) is 3.11. The van der Waals surface area contributed by atoms with E-state index in [2.05, 4.69) is 4.98 Å². The van der Waals surface area contributed by atoms with E-state index in [1.807, 2.05) is 25.1 Å². The van der Waals surface area contributed by atoms with E-state index in [0.29, 0.717) is 12.1 Å². The topological polar surface area (TPSA) is 59.5 Å². The second kappa shape index (κ2) is 6.14. The first-order valence-corrected chi connectivity index (χ1v) is 9.84. The third kappa shape index (κ3) is 3.26. The van der Waals surface area contributed by atoms with Crippen LogP contribution in [0.15, 0.2) is 18.2 Å². The Morgan fingerprint density at radius 2 is 2.27 bits per heavy atom. The Bertz CT molecular complexity index is 764. The molecule has 0 bridgehead atoms. The molecule has 1 atom stereocenters. The van der Waals surface area contributed by atoms with Gasteiger partial charge in [0.15, 0.2) is 0 Å². The number of fused-ring (bicyclic) bond motifs is 1. The van der Waals surface area contributed by atoms with E-state index in [1.165, 1.54) is 4.31 Å². The summed E-state index contributed by atoms with van der Waals surface area (Å²) in [4.78, 5) is 4.40. The lowest BCUT2D eigenvalue weighted by atomic mass is 10.2. The van der Waals surface area contributed by atoms with Gasteiger partial charge < -0.3 is 4.74 Å². The predicted molar refractivity (Wildman–Crippen MR) is 90.1 cm³/mol. The summed E-state index contributed by atoms with van der Waals surface area (Å²) in [7, 11) is -1.71. The van der Waals surface area contributed by atoms with Crippen LogP contribution in [0.25, 0.3) is 10.2 Å². The third-order valence-corrected chi connectivity index (χ3v) is 6.71. The van der Waals surface area contributed by atoms with E-state index in [9.17, 15) is 8.42 Å². The van der Waals surface area contributed by atoms with E-state index in [0.717, 1.165) is 34.7 Å². The van der Waals surface area contributed by atoms with Crippen LogP contribution in [0.2, 0.25) is 0 Å². The fourth-order valence-electron chi connectivity index (χ4n) is 2.67. The van der Waals surface area contributed by atoms with Gasteiger partial charge >= 0.3 is 0 Å². The number of benzene rings is 1. The van der Waals surface area contributed by atoms with Crippen LogP contribution in [0.4, 0.5) is 5.69 Å². The Morgan fingerprint density at radius 3 is 3.00 bits per heavy atom. The molecule has 0 spiro atoms. The molecule has 1 aliphatic rings. The number of aryl methyl sites for hydroxylation is 1. The third-order valence-electron chi connectivity index (χ3n) is 3.98. The van der Waals surface area contributed by atoms with Crippen molar-refractivity contribution in [1.29, 1.82) is 0 Å². The first-order valence-electron chi connectivity index (χ1n) is 7.41. The van der Waals surface area contributed by atoms with Crippen LogP contribution < -0.4 is 4.31 Å². The lowest BCUT2D eigenvalue weighted by Crippen LogP contribution is -2.30. The molecule has 0 radical (unpaired) electrons. The Labute approximate surface area is 135 Å². The Balaban J connectivity index is 1.75. The fraction of sp³-hybridized carbons (Fsp3) is 0.533. The molecule has 5 nitrogen and oxygen atoms in total. The molecule has 0 N–H and O–H groups in total. The Hall–Kier alpha value is -1.18. The van der Waals surface area contributed by atoms with Crippen molar-refractivity contribution in [2.75, 3.05) is 23.7 Å². The molecule has 0 saturated carbocycles. The molecule has 1 aromatic heterocycles. The molecule has 3 rings (SSSR count). The Kier molecular flexibility index (Phi) is 4.38.